The molecular weight excluding hydrogens is 392 g/mol. The fourth-order valence-corrected chi connectivity index (χ4v) is 4.72. The van der Waals surface area contributed by atoms with Gasteiger partial charge in [0.05, 0.1) is 12.2 Å². The van der Waals surface area contributed by atoms with E-state index >= 15 is 0 Å². The van der Waals surface area contributed by atoms with E-state index in [1.165, 1.54) is 29.6 Å². The molecule has 4 nitrogen and oxygen atoms in total. The highest BCUT2D eigenvalue weighted by molar-refractivity contribution is 8.39. The number of thioether (sulfide) groups is 2. The van der Waals surface area contributed by atoms with Gasteiger partial charge in [-0.25, -0.2) is 4.79 Å². The minimum absolute atomic E-state index is 0.00805. The predicted molar refractivity (Wildman–Crippen MR) is 121 cm³/mol. The summed E-state index contributed by atoms with van der Waals surface area (Å²) in [4.78, 5) is 24.0. The van der Waals surface area contributed by atoms with Gasteiger partial charge in [0.25, 0.3) is 0 Å². The maximum Gasteiger partial charge on any atom is 0.338 e. The molecule has 0 fully saturated rings. The second-order valence-electron chi connectivity index (χ2n) is 8.56. The number of carbonyl (C=O) groups excluding carboxylic acids is 2. The van der Waals surface area contributed by atoms with E-state index in [0.29, 0.717) is 23.7 Å². The number of hydrogen-bond acceptors (Lipinski definition) is 6. The molecule has 6 heteroatoms. The Labute approximate surface area is 177 Å². The molecule has 0 saturated carbocycles. The highest BCUT2D eigenvalue weighted by Gasteiger charge is 2.27. The van der Waals surface area contributed by atoms with Crippen LogP contribution in [0.5, 0.6) is 5.75 Å². The summed E-state index contributed by atoms with van der Waals surface area (Å²) >= 11 is 2.73. The van der Waals surface area contributed by atoms with Gasteiger partial charge in [0.1, 0.15) is 12.4 Å². The Bertz CT molecular complexity index is 655. The van der Waals surface area contributed by atoms with Crippen LogP contribution in [-0.2, 0) is 4.74 Å². The molecule has 0 N–H and O–H groups in total. The first-order valence-corrected chi connectivity index (χ1v) is 11.1. The maximum absolute atomic E-state index is 12.2. The Kier molecular flexibility index (Phi) is 9.64. The zero-order valence-electron chi connectivity index (χ0n) is 17.7. The van der Waals surface area contributed by atoms with Crippen molar-refractivity contribution in [2.75, 3.05) is 19.0 Å². The summed E-state index contributed by atoms with van der Waals surface area (Å²) in [7, 11) is 0. The molecule has 28 heavy (non-hydrogen) atoms. The Hall–Kier alpha value is -1.40. The zero-order valence-corrected chi connectivity index (χ0v) is 19.4. The minimum atomic E-state index is -0.384. The molecule has 0 aromatic heterocycles. The van der Waals surface area contributed by atoms with E-state index in [0.717, 1.165) is 0 Å². The molecular formula is C22H32O4S2. The normalized spacial score (nSPS) is 12.9. The smallest absolute Gasteiger partial charge is 0.338 e. The molecule has 0 heterocycles. The van der Waals surface area contributed by atoms with Crippen LogP contribution in [0.4, 0.5) is 4.79 Å². The van der Waals surface area contributed by atoms with Crippen LogP contribution in [0.25, 0.3) is 0 Å². The van der Waals surface area contributed by atoms with Crippen LogP contribution >= 0.6 is 23.5 Å². The molecule has 0 amide bonds. The van der Waals surface area contributed by atoms with Crippen LogP contribution in [0.3, 0.4) is 0 Å². The Balaban J connectivity index is 2.62. The molecule has 1 aromatic carbocycles. The van der Waals surface area contributed by atoms with Gasteiger partial charge in [0.2, 0.25) is 4.45 Å². The molecule has 0 aliphatic carbocycles. The third kappa shape index (κ3) is 9.69. The average molecular weight is 425 g/mol. The Morgan fingerprint density at radius 3 is 2.21 bits per heavy atom. The first-order valence-electron chi connectivity index (χ1n) is 9.29. The predicted octanol–water partition coefficient (Wildman–Crippen LogP) is 6.46. The van der Waals surface area contributed by atoms with Crippen molar-refractivity contribution < 1.29 is 19.1 Å². The van der Waals surface area contributed by atoms with Crippen molar-refractivity contribution in [1.29, 1.82) is 0 Å². The Morgan fingerprint density at radius 1 is 1.11 bits per heavy atom. The standard InChI is InChI=1S/C22H32O4S2/c1-8-13-25-19(23)16-9-11-18(12-10-16)26-14-17(21(2,3)4)15-27-20(24)28-22(5,6)7/h8-12,17H,1,13-15H2,2-7H3. The third-order valence-electron chi connectivity index (χ3n) is 3.89. The van der Waals surface area contributed by atoms with E-state index in [2.05, 4.69) is 27.4 Å². The van der Waals surface area contributed by atoms with Gasteiger partial charge in [-0.15, -0.1) is 0 Å². The van der Waals surface area contributed by atoms with Crippen molar-refractivity contribution in [2.45, 2.75) is 46.3 Å². The number of hydrogen-bond donors (Lipinski definition) is 0. The van der Waals surface area contributed by atoms with E-state index in [1.807, 2.05) is 20.8 Å². The highest BCUT2D eigenvalue weighted by atomic mass is 32.2. The largest absolute Gasteiger partial charge is 0.493 e. The number of esters is 1. The fraction of sp³-hybridized carbons (Fsp3) is 0.545. The van der Waals surface area contributed by atoms with Crippen LogP contribution in [0.15, 0.2) is 36.9 Å². The van der Waals surface area contributed by atoms with Gasteiger partial charge in [0.15, 0.2) is 0 Å². The van der Waals surface area contributed by atoms with Gasteiger partial charge in [-0.05, 0) is 29.7 Å². The summed E-state index contributed by atoms with van der Waals surface area (Å²) in [5.41, 5.74) is 0.482. The minimum Gasteiger partial charge on any atom is -0.493 e. The lowest BCUT2D eigenvalue weighted by Gasteiger charge is -2.30. The lowest BCUT2D eigenvalue weighted by atomic mass is 9.82. The average Bonchev–Trinajstić information content (AvgIpc) is 2.57. The summed E-state index contributed by atoms with van der Waals surface area (Å²) < 4.78 is 11.0. The van der Waals surface area contributed by atoms with E-state index in [1.54, 1.807) is 24.3 Å². The van der Waals surface area contributed by atoms with Crippen LogP contribution in [0.2, 0.25) is 0 Å². The molecule has 0 aliphatic heterocycles. The fourth-order valence-electron chi connectivity index (χ4n) is 2.10. The topological polar surface area (TPSA) is 52.6 Å². The molecule has 0 spiro atoms. The highest BCUT2D eigenvalue weighted by Crippen LogP contribution is 2.34. The van der Waals surface area contributed by atoms with E-state index in [4.69, 9.17) is 9.47 Å². The number of rotatable bonds is 8. The van der Waals surface area contributed by atoms with Crippen LogP contribution in [0.1, 0.15) is 51.9 Å². The number of carbonyl (C=O) groups is 2. The zero-order chi connectivity index (χ0) is 21.4. The molecule has 0 bridgehead atoms. The van der Waals surface area contributed by atoms with E-state index in [-0.39, 0.29) is 33.1 Å². The monoisotopic (exact) mass is 424 g/mol. The van der Waals surface area contributed by atoms with Gasteiger partial charge in [-0.1, -0.05) is 77.7 Å². The second-order valence-corrected chi connectivity index (χ2v) is 11.6. The molecule has 0 aliphatic rings. The molecule has 1 atom stereocenters. The van der Waals surface area contributed by atoms with Gasteiger partial charge in [-0.3, -0.25) is 4.79 Å². The summed E-state index contributed by atoms with van der Waals surface area (Å²) in [6.07, 6.45) is 1.53. The van der Waals surface area contributed by atoms with Crippen molar-refractivity contribution in [2.24, 2.45) is 11.3 Å². The summed E-state index contributed by atoms with van der Waals surface area (Å²) in [5, 5.41) is 0. The van der Waals surface area contributed by atoms with Crippen LogP contribution in [-0.4, -0.2) is 34.1 Å². The van der Waals surface area contributed by atoms with Crippen LogP contribution in [0, 0.1) is 11.3 Å². The second kappa shape index (κ2) is 11.0. The number of benzene rings is 1. The lowest BCUT2D eigenvalue weighted by Crippen LogP contribution is -2.29. The van der Waals surface area contributed by atoms with E-state index in [9.17, 15) is 9.59 Å². The van der Waals surface area contributed by atoms with E-state index < -0.39 is 0 Å². The third-order valence-corrected chi connectivity index (χ3v) is 6.08. The summed E-state index contributed by atoms with van der Waals surface area (Å²) in [6.45, 7) is 16.8. The molecule has 156 valence electrons. The summed E-state index contributed by atoms with van der Waals surface area (Å²) in [6, 6.07) is 6.89. The van der Waals surface area contributed by atoms with Crippen molar-refractivity contribution >= 4 is 33.9 Å². The quantitative estimate of drug-likeness (QED) is 0.353. The summed E-state index contributed by atoms with van der Waals surface area (Å²) in [5.74, 6) is 1.22. The molecule has 1 rings (SSSR count). The SMILES string of the molecule is C=CCOC(=O)c1ccc(OCC(CSC(=O)SC(C)(C)C)C(C)(C)C)cc1. The van der Waals surface area contributed by atoms with Crippen molar-refractivity contribution in [3.63, 3.8) is 0 Å². The lowest BCUT2D eigenvalue weighted by molar-refractivity contribution is 0.0549. The van der Waals surface area contributed by atoms with Crippen molar-refractivity contribution in [1.82, 2.24) is 0 Å². The first kappa shape index (κ1) is 24.6. The first-order chi connectivity index (χ1) is 12.9. The van der Waals surface area contributed by atoms with Gasteiger partial charge in [-0.2, -0.15) is 0 Å². The van der Waals surface area contributed by atoms with Gasteiger partial charge >= 0.3 is 5.97 Å². The van der Waals surface area contributed by atoms with Crippen molar-refractivity contribution in [3.05, 3.63) is 42.5 Å². The number of ether oxygens (including phenoxy) is 2. The Morgan fingerprint density at radius 2 is 1.71 bits per heavy atom. The molecule has 0 saturated heterocycles. The van der Waals surface area contributed by atoms with Gasteiger partial charge in [0, 0.05) is 16.4 Å². The molecule has 0 radical (unpaired) electrons. The van der Waals surface area contributed by atoms with Gasteiger partial charge < -0.3 is 9.47 Å². The van der Waals surface area contributed by atoms with Crippen LogP contribution < -0.4 is 4.74 Å². The van der Waals surface area contributed by atoms with Crippen molar-refractivity contribution in [3.8, 4) is 5.75 Å². The molecule has 1 unspecified atom stereocenters. The maximum atomic E-state index is 12.2. The molecule has 1 aromatic rings.